The molecule has 1 N–H and O–H groups in total. The van der Waals surface area contributed by atoms with Crippen LogP contribution in [0, 0.1) is 0 Å². The van der Waals surface area contributed by atoms with Gasteiger partial charge in [-0.2, -0.15) is 11.8 Å². The van der Waals surface area contributed by atoms with Gasteiger partial charge in [-0.3, -0.25) is 9.10 Å². The van der Waals surface area contributed by atoms with Gasteiger partial charge < -0.3 is 10.1 Å². The SMILES string of the molecule is CC(C)Oc1ccc(N(CC(=O)NCCSC2CCCCC2)S(C)(=O)=O)cc1. The largest absolute Gasteiger partial charge is 0.491 e. The van der Waals surface area contributed by atoms with Crippen LogP contribution in [0.2, 0.25) is 0 Å². The standard InChI is InChI=1S/C20H32N2O4S2/c1-16(2)26-18-11-9-17(10-12-18)22(28(3,24)25)15-20(23)21-13-14-27-19-7-5-4-6-8-19/h9-12,16,19H,4-8,13-15H2,1-3H3,(H,21,23). The Morgan fingerprint density at radius 1 is 1.21 bits per heavy atom. The van der Waals surface area contributed by atoms with Crippen LogP contribution in [0.25, 0.3) is 0 Å². The number of amides is 1. The van der Waals surface area contributed by atoms with Crippen molar-refractivity contribution < 1.29 is 17.9 Å². The van der Waals surface area contributed by atoms with Crippen LogP contribution < -0.4 is 14.4 Å². The molecule has 0 saturated heterocycles. The maximum atomic E-state index is 12.3. The molecular formula is C20H32N2O4S2. The molecule has 0 heterocycles. The number of nitrogens with zero attached hydrogens (tertiary/aromatic N) is 1. The zero-order chi connectivity index (χ0) is 20.6. The number of sulfonamides is 1. The molecule has 1 aliphatic rings. The molecule has 0 aromatic heterocycles. The smallest absolute Gasteiger partial charge is 0.240 e. The number of anilines is 1. The van der Waals surface area contributed by atoms with Gasteiger partial charge in [0.05, 0.1) is 18.0 Å². The maximum absolute atomic E-state index is 12.3. The zero-order valence-electron chi connectivity index (χ0n) is 17.0. The predicted molar refractivity (Wildman–Crippen MR) is 117 cm³/mol. The molecule has 28 heavy (non-hydrogen) atoms. The first-order valence-corrected chi connectivity index (χ1v) is 12.8. The van der Waals surface area contributed by atoms with E-state index in [1.54, 1.807) is 24.3 Å². The first-order valence-electron chi connectivity index (χ1n) is 9.88. The Bertz CT molecular complexity index is 714. The number of ether oxygens (including phenoxy) is 1. The van der Waals surface area contributed by atoms with E-state index in [0.717, 1.165) is 16.3 Å². The lowest BCUT2D eigenvalue weighted by Crippen LogP contribution is -2.41. The Morgan fingerprint density at radius 3 is 2.43 bits per heavy atom. The van der Waals surface area contributed by atoms with Crippen LogP contribution in [-0.4, -0.2) is 50.8 Å². The van der Waals surface area contributed by atoms with Crippen molar-refractivity contribution in [2.45, 2.75) is 57.3 Å². The summed E-state index contributed by atoms with van der Waals surface area (Å²) < 4.78 is 31.1. The minimum atomic E-state index is -3.57. The van der Waals surface area contributed by atoms with Crippen LogP contribution in [0.3, 0.4) is 0 Å². The number of benzene rings is 1. The molecule has 1 saturated carbocycles. The van der Waals surface area contributed by atoms with Gasteiger partial charge in [-0.05, 0) is 51.0 Å². The summed E-state index contributed by atoms with van der Waals surface area (Å²) in [6.45, 7) is 4.18. The lowest BCUT2D eigenvalue weighted by atomic mass is 10.0. The topological polar surface area (TPSA) is 75.7 Å². The third-order valence-electron chi connectivity index (χ3n) is 4.51. The third-order valence-corrected chi connectivity index (χ3v) is 7.04. The van der Waals surface area contributed by atoms with E-state index in [2.05, 4.69) is 5.32 Å². The molecular weight excluding hydrogens is 396 g/mol. The summed E-state index contributed by atoms with van der Waals surface area (Å²) in [5.74, 6) is 1.23. The maximum Gasteiger partial charge on any atom is 0.240 e. The number of rotatable bonds is 10. The van der Waals surface area contributed by atoms with Gasteiger partial charge in [-0.15, -0.1) is 0 Å². The van der Waals surface area contributed by atoms with E-state index in [-0.39, 0.29) is 18.6 Å². The highest BCUT2D eigenvalue weighted by atomic mass is 32.2. The van der Waals surface area contributed by atoms with E-state index in [0.29, 0.717) is 23.2 Å². The highest BCUT2D eigenvalue weighted by Gasteiger charge is 2.21. The molecule has 8 heteroatoms. The minimum absolute atomic E-state index is 0.0362. The average Bonchev–Trinajstić information content (AvgIpc) is 2.64. The number of nitrogens with one attached hydrogen (secondary N) is 1. The van der Waals surface area contributed by atoms with E-state index in [4.69, 9.17) is 4.74 Å². The van der Waals surface area contributed by atoms with Crippen molar-refractivity contribution >= 4 is 33.4 Å². The molecule has 0 aliphatic heterocycles. The molecule has 0 unspecified atom stereocenters. The van der Waals surface area contributed by atoms with Crippen LogP contribution in [0.5, 0.6) is 5.75 Å². The number of carbonyl (C=O) groups excluding carboxylic acids is 1. The van der Waals surface area contributed by atoms with E-state index >= 15 is 0 Å². The van der Waals surface area contributed by atoms with Crippen molar-refractivity contribution in [2.24, 2.45) is 0 Å². The second kappa shape index (κ2) is 11.0. The summed E-state index contributed by atoms with van der Waals surface area (Å²) in [5, 5.41) is 3.54. The predicted octanol–water partition coefficient (Wildman–Crippen LogP) is 3.42. The Balaban J connectivity index is 1.86. The van der Waals surface area contributed by atoms with Crippen LogP contribution in [0.4, 0.5) is 5.69 Å². The van der Waals surface area contributed by atoms with Crippen molar-refractivity contribution in [1.29, 1.82) is 0 Å². The molecule has 0 bridgehead atoms. The van der Waals surface area contributed by atoms with Crippen molar-refractivity contribution in [1.82, 2.24) is 5.32 Å². The molecule has 2 rings (SSSR count). The fraction of sp³-hybridized carbons (Fsp3) is 0.650. The second-order valence-electron chi connectivity index (χ2n) is 7.41. The summed E-state index contributed by atoms with van der Waals surface area (Å²) in [5.41, 5.74) is 0.449. The van der Waals surface area contributed by atoms with Gasteiger partial charge >= 0.3 is 0 Å². The number of hydrogen-bond donors (Lipinski definition) is 1. The van der Waals surface area contributed by atoms with Gasteiger partial charge in [0.25, 0.3) is 0 Å². The summed E-state index contributed by atoms with van der Waals surface area (Å²) in [4.78, 5) is 12.3. The Kier molecular flexibility index (Phi) is 8.95. The number of hydrogen-bond acceptors (Lipinski definition) is 5. The van der Waals surface area contributed by atoms with Crippen molar-refractivity contribution in [3.63, 3.8) is 0 Å². The van der Waals surface area contributed by atoms with Gasteiger partial charge in [0.2, 0.25) is 15.9 Å². The summed E-state index contributed by atoms with van der Waals surface area (Å²) in [6, 6.07) is 6.74. The highest BCUT2D eigenvalue weighted by molar-refractivity contribution is 7.99. The lowest BCUT2D eigenvalue weighted by molar-refractivity contribution is -0.119. The average molecular weight is 429 g/mol. The molecule has 1 aliphatic carbocycles. The van der Waals surface area contributed by atoms with Gasteiger partial charge in [0, 0.05) is 17.5 Å². The molecule has 1 aromatic rings. The summed E-state index contributed by atoms with van der Waals surface area (Å²) in [6.07, 6.45) is 7.60. The Hall–Kier alpha value is -1.41. The van der Waals surface area contributed by atoms with Crippen LogP contribution in [0.1, 0.15) is 46.0 Å². The number of thioether (sulfide) groups is 1. The lowest BCUT2D eigenvalue weighted by Gasteiger charge is -2.23. The minimum Gasteiger partial charge on any atom is -0.491 e. The molecule has 158 valence electrons. The first kappa shape index (κ1) is 22.9. The van der Waals surface area contributed by atoms with Gasteiger partial charge in [0.1, 0.15) is 12.3 Å². The van der Waals surface area contributed by atoms with Gasteiger partial charge in [0.15, 0.2) is 0 Å². The van der Waals surface area contributed by atoms with Crippen LogP contribution in [-0.2, 0) is 14.8 Å². The Morgan fingerprint density at radius 2 is 1.86 bits per heavy atom. The van der Waals surface area contributed by atoms with Crippen molar-refractivity contribution in [3.8, 4) is 5.75 Å². The molecule has 1 fully saturated rings. The fourth-order valence-electron chi connectivity index (χ4n) is 3.20. The summed E-state index contributed by atoms with van der Waals surface area (Å²) in [7, 11) is -3.57. The van der Waals surface area contributed by atoms with E-state index in [1.165, 1.54) is 32.1 Å². The van der Waals surface area contributed by atoms with Gasteiger partial charge in [-0.1, -0.05) is 19.3 Å². The molecule has 6 nitrogen and oxygen atoms in total. The van der Waals surface area contributed by atoms with E-state index in [9.17, 15) is 13.2 Å². The highest BCUT2D eigenvalue weighted by Crippen LogP contribution is 2.27. The second-order valence-corrected chi connectivity index (χ2v) is 10.7. The zero-order valence-corrected chi connectivity index (χ0v) is 18.7. The van der Waals surface area contributed by atoms with Crippen LogP contribution in [0.15, 0.2) is 24.3 Å². The normalized spacial score (nSPS) is 15.4. The molecule has 1 amide bonds. The van der Waals surface area contributed by atoms with Gasteiger partial charge in [-0.25, -0.2) is 8.42 Å². The monoisotopic (exact) mass is 428 g/mol. The van der Waals surface area contributed by atoms with Crippen molar-refractivity contribution in [3.05, 3.63) is 24.3 Å². The summed E-state index contributed by atoms with van der Waals surface area (Å²) >= 11 is 1.91. The molecule has 0 spiro atoms. The fourth-order valence-corrected chi connectivity index (χ4v) is 5.27. The molecule has 0 radical (unpaired) electrons. The van der Waals surface area contributed by atoms with E-state index < -0.39 is 10.0 Å². The molecule has 1 aromatic carbocycles. The van der Waals surface area contributed by atoms with Crippen molar-refractivity contribution in [2.75, 3.05) is 29.4 Å². The Labute approximate surface area is 173 Å². The quantitative estimate of drug-likeness (QED) is 0.578. The number of carbonyl (C=O) groups is 1. The van der Waals surface area contributed by atoms with Crippen LogP contribution >= 0.6 is 11.8 Å². The molecule has 0 atom stereocenters. The third kappa shape index (κ3) is 7.91. The first-order chi connectivity index (χ1) is 13.3. The van der Waals surface area contributed by atoms with E-state index in [1.807, 2.05) is 25.6 Å².